The second-order valence-electron chi connectivity index (χ2n) is 5.22. The number of carboxylic acid groups (broad SMARTS) is 1. The Bertz CT molecular complexity index is 278. The predicted octanol–water partition coefficient (Wildman–Crippen LogP) is 1.12. The van der Waals surface area contributed by atoms with Crippen LogP contribution in [0.3, 0.4) is 0 Å². The maximum Gasteiger partial charge on any atom is 0.329 e. The van der Waals surface area contributed by atoms with Crippen LogP contribution in [-0.4, -0.2) is 46.7 Å². The Kier molecular flexibility index (Phi) is 4.49. The van der Waals surface area contributed by atoms with E-state index in [0.29, 0.717) is 0 Å². The summed E-state index contributed by atoms with van der Waals surface area (Å²) in [6.45, 7) is 8.35. The Hall–Kier alpha value is -1.10. The zero-order chi connectivity index (χ0) is 13.1. The molecule has 0 aromatic rings. The van der Waals surface area contributed by atoms with E-state index in [4.69, 9.17) is 9.84 Å². The third-order valence-corrected chi connectivity index (χ3v) is 2.36. The van der Waals surface area contributed by atoms with Crippen molar-refractivity contribution in [2.24, 2.45) is 0 Å². The topological polar surface area (TPSA) is 66.8 Å². The van der Waals surface area contributed by atoms with Gasteiger partial charge in [-0.1, -0.05) is 0 Å². The fraction of sp³-hybridized carbons (Fsp3) is 0.818. The second kappa shape index (κ2) is 4.82. The summed E-state index contributed by atoms with van der Waals surface area (Å²) in [5, 5.41) is 8.95. The normalized spacial score (nSPS) is 12.4. The molecule has 0 aliphatic carbocycles. The maximum absolute atomic E-state index is 11.7. The van der Waals surface area contributed by atoms with Crippen LogP contribution in [0.1, 0.15) is 34.6 Å². The van der Waals surface area contributed by atoms with Gasteiger partial charge in [0.15, 0.2) is 0 Å². The number of carboxylic acids is 1. The molecule has 1 amide bonds. The molecule has 0 aromatic carbocycles. The van der Waals surface area contributed by atoms with Crippen LogP contribution in [0.15, 0.2) is 0 Å². The average Bonchev–Trinajstić information content (AvgIpc) is 2.11. The number of amides is 1. The molecule has 0 saturated carbocycles. The van der Waals surface area contributed by atoms with Crippen molar-refractivity contribution >= 4 is 11.9 Å². The van der Waals surface area contributed by atoms with Gasteiger partial charge in [-0.3, -0.25) is 4.79 Å². The van der Waals surface area contributed by atoms with Crippen LogP contribution in [0.4, 0.5) is 0 Å². The minimum Gasteiger partial charge on any atom is -0.480 e. The highest BCUT2D eigenvalue weighted by Crippen LogP contribution is 2.14. The van der Waals surface area contributed by atoms with E-state index in [-0.39, 0.29) is 12.5 Å². The van der Waals surface area contributed by atoms with Crippen molar-refractivity contribution < 1.29 is 19.4 Å². The van der Waals surface area contributed by atoms with Crippen molar-refractivity contribution in [2.75, 3.05) is 13.7 Å². The van der Waals surface area contributed by atoms with E-state index < -0.39 is 17.1 Å². The lowest BCUT2D eigenvalue weighted by Crippen LogP contribution is -2.52. The van der Waals surface area contributed by atoms with Crippen molar-refractivity contribution in [1.29, 1.82) is 0 Å². The number of hydrogen-bond acceptors (Lipinski definition) is 3. The minimum absolute atomic E-state index is 0.114. The van der Waals surface area contributed by atoms with E-state index in [9.17, 15) is 9.59 Å². The van der Waals surface area contributed by atoms with Crippen LogP contribution < -0.4 is 0 Å². The van der Waals surface area contributed by atoms with E-state index in [2.05, 4.69) is 0 Å². The van der Waals surface area contributed by atoms with Gasteiger partial charge >= 0.3 is 5.97 Å². The first-order chi connectivity index (χ1) is 6.98. The molecule has 1 N–H and O–H groups in total. The van der Waals surface area contributed by atoms with Crippen molar-refractivity contribution in [3.05, 3.63) is 0 Å². The third-order valence-electron chi connectivity index (χ3n) is 2.36. The number of hydrogen-bond donors (Lipinski definition) is 1. The van der Waals surface area contributed by atoms with Gasteiger partial charge in [-0.05, 0) is 34.6 Å². The highest BCUT2D eigenvalue weighted by atomic mass is 16.5. The fourth-order valence-corrected chi connectivity index (χ4v) is 0.830. The lowest BCUT2D eigenvalue weighted by atomic mass is 10.0. The Labute approximate surface area is 96.4 Å². The highest BCUT2D eigenvalue weighted by Gasteiger charge is 2.35. The van der Waals surface area contributed by atoms with Crippen molar-refractivity contribution in [3.8, 4) is 0 Å². The lowest BCUT2D eigenvalue weighted by Gasteiger charge is -2.32. The largest absolute Gasteiger partial charge is 0.480 e. The molecule has 0 bridgehead atoms. The molecular formula is C11H21NO4. The molecule has 0 heterocycles. The van der Waals surface area contributed by atoms with Gasteiger partial charge < -0.3 is 14.7 Å². The van der Waals surface area contributed by atoms with Crippen LogP contribution in [0.5, 0.6) is 0 Å². The SMILES string of the molecule is CN(C(=O)COC(C)(C)C)C(C)(C)C(=O)O. The molecule has 0 aromatic heterocycles. The van der Waals surface area contributed by atoms with Gasteiger partial charge in [0.1, 0.15) is 12.1 Å². The van der Waals surface area contributed by atoms with E-state index in [1.54, 1.807) is 0 Å². The van der Waals surface area contributed by atoms with Gasteiger partial charge in [-0.25, -0.2) is 4.79 Å². The van der Waals surface area contributed by atoms with Crippen LogP contribution in [0.25, 0.3) is 0 Å². The van der Waals surface area contributed by atoms with Crippen LogP contribution in [0.2, 0.25) is 0 Å². The molecule has 0 fully saturated rings. The molecular weight excluding hydrogens is 210 g/mol. The maximum atomic E-state index is 11.7. The van der Waals surface area contributed by atoms with E-state index in [1.807, 2.05) is 20.8 Å². The van der Waals surface area contributed by atoms with E-state index in [0.717, 1.165) is 0 Å². The van der Waals surface area contributed by atoms with Crippen LogP contribution in [-0.2, 0) is 14.3 Å². The average molecular weight is 231 g/mol. The molecule has 5 nitrogen and oxygen atoms in total. The second-order valence-corrected chi connectivity index (χ2v) is 5.22. The number of nitrogens with zero attached hydrogens (tertiary/aromatic N) is 1. The fourth-order valence-electron chi connectivity index (χ4n) is 0.830. The predicted molar refractivity (Wildman–Crippen MR) is 60.2 cm³/mol. The summed E-state index contributed by atoms with van der Waals surface area (Å²) in [7, 11) is 1.46. The van der Waals surface area contributed by atoms with Gasteiger partial charge in [0.25, 0.3) is 0 Å². The van der Waals surface area contributed by atoms with E-state index >= 15 is 0 Å². The summed E-state index contributed by atoms with van der Waals surface area (Å²) < 4.78 is 5.30. The summed E-state index contributed by atoms with van der Waals surface area (Å²) in [6.07, 6.45) is 0. The molecule has 0 rings (SSSR count). The van der Waals surface area contributed by atoms with Gasteiger partial charge in [-0.15, -0.1) is 0 Å². The lowest BCUT2D eigenvalue weighted by molar-refractivity contribution is -0.159. The number of likely N-dealkylation sites (N-methyl/N-ethyl adjacent to an activating group) is 1. The molecule has 0 radical (unpaired) electrons. The van der Waals surface area contributed by atoms with E-state index in [1.165, 1.54) is 25.8 Å². The molecule has 0 spiro atoms. The minimum atomic E-state index is -1.22. The van der Waals surface area contributed by atoms with Gasteiger partial charge in [0.05, 0.1) is 5.60 Å². The van der Waals surface area contributed by atoms with Crippen LogP contribution in [0, 0.1) is 0 Å². The third kappa shape index (κ3) is 4.18. The molecule has 16 heavy (non-hydrogen) atoms. The number of carbonyl (C=O) groups is 2. The molecule has 0 atom stereocenters. The number of rotatable bonds is 4. The summed E-state index contributed by atoms with van der Waals surface area (Å²) in [4.78, 5) is 23.8. The Morgan fingerprint density at radius 1 is 1.19 bits per heavy atom. The van der Waals surface area contributed by atoms with Crippen molar-refractivity contribution in [2.45, 2.75) is 45.8 Å². The van der Waals surface area contributed by atoms with Crippen LogP contribution >= 0.6 is 0 Å². The quantitative estimate of drug-likeness (QED) is 0.787. The Balaban J connectivity index is 4.46. The highest BCUT2D eigenvalue weighted by molar-refractivity contribution is 5.86. The smallest absolute Gasteiger partial charge is 0.329 e. The molecule has 94 valence electrons. The van der Waals surface area contributed by atoms with Gasteiger partial charge in [0.2, 0.25) is 5.91 Å². The molecule has 0 saturated heterocycles. The summed E-state index contributed by atoms with van der Waals surface area (Å²) in [5.74, 6) is -1.39. The van der Waals surface area contributed by atoms with Gasteiger partial charge in [0, 0.05) is 7.05 Å². The van der Waals surface area contributed by atoms with Gasteiger partial charge in [-0.2, -0.15) is 0 Å². The molecule has 0 unspecified atom stereocenters. The zero-order valence-corrected chi connectivity index (χ0v) is 10.8. The molecule has 5 heteroatoms. The number of ether oxygens (including phenoxy) is 1. The Morgan fingerprint density at radius 2 is 1.62 bits per heavy atom. The summed E-state index contributed by atoms with van der Waals surface area (Å²) >= 11 is 0. The zero-order valence-electron chi connectivity index (χ0n) is 10.8. The first-order valence-electron chi connectivity index (χ1n) is 5.12. The summed E-state index contributed by atoms with van der Waals surface area (Å²) in [6, 6.07) is 0. The summed E-state index contributed by atoms with van der Waals surface area (Å²) in [5.41, 5.74) is -1.64. The van der Waals surface area contributed by atoms with Crippen molar-refractivity contribution in [3.63, 3.8) is 0 Å². The monoisotopic (exact) mass is 231 g/mol. The van der Waals surface area contributed by atoms with Crippen molar-refractivity contribution in [1.82, 2.24) is 4.90 Å². The molecule has 0 aliphatic heterocycles. The Morgan fingerprint density at radius 3 is 1.94 bits per heavy atom. The standard InChI is InChI=1S/C11H21NO4/c1-10(2,3)16-7-8(13)12(6)11(4,5)9(14)15/h7H2,1-6H3,(H,14,15). The number of carbonyl (C=O) groups excluding carboxylic acids is 1. The first kappa shape index (κ1) is 14.9. The first-order valence-corrected chi connectivity index (χ1v) is 5.12. The molecule has 0 aliphatic rings. The number of aliphatic carboxylic acids is 1.